The molecule has 2 aromatic rings. The van der Waals surface area contributed by atoms with Crippen molar-refractivity contribution in [3.63, 3.8) is 0 Å². The van der Waals surface area contributed by atoms with Gasteiger partial charge in [0.1, 0.15) is 5.82 Å². The van der Waals surface area contributed by atoms with Crippen molar-refractivity contribution < 1.29 is 5.11 Å². The van der Waals surface area contributed by atoms with Crippen molar-refractivity contribution in [3.8, 4) is 0 Å². The van der Waals surface area contributed by atoms with Gasteiger partial charge in [0.25, 0.3) is 0 Å². The van der Waals surface area contributed by atoms with Crippen LogP contribution in [0.4, 0.5) is 5.82 Å². The quantitative estimate of drug-likeness (QED) is 0.832. The maximum absolute atomic E-state index is 9.97. The van der Waals surface area contributed by atoms with Crippen molar-refractivity contribution in [1.29, 1.82) is 0 Å². The summed E-state index contributed by atoms with van der Waals surface area (Å²) in [5.41, 5.74) is 0.716. The topological polar surface area (TPSA) is 75.3 Å². The molecule has 6 heteroatoms. The van der Waals surface area contributed by atoms with Crippen molar-refractivity contribution in [2.45, 2.75) is 44.8 Å². The van der Waals surface area contributed by atoms with E-state index in [2.05, 4.69) is 20.5 Å². The van der Waals surface area contributed by atoms with E-state index in [9.17, 15) is 5.11 Å². The fourth-order valence-electron chi connectivity index (χ4n) is 2.50. The van der Waals surface area contributed by atoms with E-state index < -0.39 is 0 Å². The number of aromatic nitrogens is 4. The molecular formula is C12H17N5O. The molecule has 18 heavy (non-hydrogen) atoms. The molecule has 0 radical (unpaired) electrons. The van der Waals surface area contributed by atoms with Crippen molar-refractivity contribution in [2.75, 3.05) is 5.32 Å². The highest BCUT2D eigenvalue weighted by Crippen LogP contribution is 2.22. The molecule has 2 atom stereocenters. The minimum absolute atomic E-state index is 0.0643. The zero-order chi connectivity index (χ0) is 12.5. The number of aliphatic hydroxyl groups is 1. The second-order valence-corrected chi connectivity index (χ2v) is 4.82. The number of hydrogen-bond donors (Lipinski definition) is 2. The predicted octanol–water partition coefficient (Wildman–Crippen LogP) is 1.15. The van der Waals surface area contributed by atoms with Gasteiger partial charge in [0.2, 0.25) is 5.65 Å². The van der Waals surface area contributed by atoms with Gasteiger partial charge in [-0.2, -0.15) is 0 Å². The first-order valence-corrected chi connectivity index (χ1v) is 6.36. The first-order valence-electron chi connectivity index (χ1n) is 6.36. The number of aryl methyl sites for hydroxylation is 1. The highest BCUT2D eigenvalue weighted by atomic mass is 16.3. The van der Waals surface area contributed by atoms with Crippen LogP contribution in [0.3, 0.4) is 0 Å². The van der Waals surface area contributed by atoms with Crippen LogP contribution in [-0.2, 0) is 0 Å². The number of rotatable bonds is 2. The van der Waals surface area contributed by atoms with E-state index in [0.29, 0.717) is 11.5 Å². The molecule has 2 N–H and O–H groups in total. The molecule has 0 saturated heterocycles. The number of hydrogen-bond acceptors (Lipinski definition) is 5. The minimum Gasteiger partial charge on any atom is -0.391 e. The van der Waals surface area contributed by atoms with Crippen LogP contribution in [0, 0.1) is 6.92 Å². The number of fused-ring (bicyclic) bond motifs is 1. The lowest BCUT2D eigenvalue weighted by Crippen LogP contribution is -2.36. The van der Waals surface area contributed by atoms with Gasteiger partial charge >= 0.3 is 0 Å². The van der Waals surface area contributed by atoms with E-state index in [1.807, 2.05) is 17.5 Å². The minimum atomic E-state index is -0.301. The third-order valence-corrected chi connectivity index (χ3v) is 3.55. The average Bonchev–Trinajstić information content (AvgIpc) is 2.76. The summed E-state index contributed by atoms with van der Waals surface area (Å²) < 4.78 is 1.89. The van der Waals surface area contributed by atoms with E-state index in [4.69, 9.17) is 0 Å². The summed E-state index contributed by atoms with van der Waals surface area (Å²) in [7, 11) is 0. The zero-order valence-corrected chi connectivity index (χ0v) is 10.4. The Balaban J connectivity index is 1.90. The first kappa shape index (κ1) is 11.4. The van der Waals surface area contributed by atoms with E-state index in [1.165, 1.54) is 0 Å². The lowest BCUT2D eigenvalue weighted by Gasteiger charge is -2.28. The van der Waals surface area contributed by atoms with Gasteiger partial charge in [0.15, 0.2) is 5.82 Å². The SMILES string of the molecule is Cc1nnc2c(NC3CCCCC3O)nccn12. The van der Waals surface area contributed by atoms with Gasteiger partial charge in [0.05, 0.1) is 12.1 Å². The van der Waals surface area contributed by atoms with Gasteiger partial charge in [-0.25, -0.2) is 4.98 Å². The molecule has 2 heterocycles. The van der Waals surface area contributed by atoms with Gasteiger partial charge in [-0.05, 0) is 19.8 Å². The van der Waals surface area contributed by atoms with E-state index in [1.54, 1.807) is 6.20 Å². The molecule has 2 aromatic heterocycles. The molecule has 6 nitrogen and oxygen atoms in total. The summed E-state index contributed by atoms with van der Waals surface area (Å²) in [4.78, 5) is 4.30. The predicted molar refractivity (Wildman–Crippen MR) is 67.4 cm³/mol. The molecule has 96 valence electrons. The van der Waals surface area contributed by atoms with Crippen molar-refractivity contribution >= 4 is 11.5 Å². The first-order chi connectivity index (χ1) is 8.75. The Morgan fingerprint density at radius 1 is 1.33 bits per heavy atom. The van der Waals surface area contributed by atoms with Crippen molar-refractivity contribution in [2.24, 2.45) is 0 Å². The highest BCUT2D eigenvalue weighted by Gasteiger charge is 2.24. The zero-order valence-electron chi connectivity index (χ0n) is 10.4. The Labute approximate surface area is 105 Å². The van der Waals surface area contributed by atoms with Crippen LogP contribution < -0.4 is 5.32 Å². The summed E-state index contributed by atoms with van der Waals surface area (Å²) in [6.45, 7) is 1.90. The van der Waals surface area contributed by atoms with Gasteiger partial charge in [-0.3, -0.25) is 4.40 Å². The van der Waals surface area contributed by atoms with Crippen LogP contribution in [0.2, 0.25) is 0 Å². The fraction of sp³-hybridized carbons (Fsp3) is 0.583. The third-order valence-electron chi connectivity index (χ3n) is 3.55. The van der Waals surface area contributed by atoms with Gasteiger partial charge < -0.3 is 10.4 Å². The molecule has 0 bridgehead atoms. The third kappa shape index (κ3) is 1.92. The monoisotopic (exact) mass is 247 g/mol. The maximum atomic E-state index is 9.97. The second-order valence-electron chi connectivity index (χ2n) is 4.82. The average molecular weight is 247 g/mol. The second kappa shape index (κ2) is 4.53. The Bertz CT molecular complexity index is 552. The van der Waals surface area contributed by atoms with Crippen molar-refractivity contribution in [1.82, 2.24) is 19.6 Å². The molecule has 0 aromatic carbocycles. The molecule has 2 unspecified atom stereocenters. The lowest BCUT2D eigenvalue weighted by atomic mass is 9.93. The summed E-state index contributed by atoms with van der Waals surface area (Å²) in [5, 5.41) is 21.4. The number of nitrogens with zero attached hydrogens (tertiary/aromatic N) is 4. The molecule has 1 saturated carbocycles. The normalized spacial score (nSPS) is 24.3. The van der Waals surface area contributed by atoms with Crippen LogP contribution in [-0.4, -0.2) is 36.8 Å². The summed E-state index contributed by atoms with van der Waals surface area (Å²) in [5.74, 6) is 1.53. The number of nitrogens with one attached hydrogen (secondary N) is 1. The maximum Gasteiger partial charge on any atom is 0.203 e. The van der Waals surface area contributed by atoms with Gasteiger partial charge in [-0.15, -0.1) is 10.2 Å². The van der Waals surface area contributed by atoms with Gasteiger partial charge in [0, 0.05) is 12.4 Å². The lowest BCUT2D eigenvalue weighted by molar-refractivity contribution is 0.116. The van der Waals surface area contributed by atoms with Crippen molar-refractivity contribution in [3.05, 3.63) is 18.2 Å². The fourth-order valence-corrected chi connectivity index (χ4v) is 2.50. The van der Waals surface area contributed by atoms with Crippen LogP contribution in [0.1, 0.15) is 31.5 Å². The molecule has 0 amide bonds. The number of aliphatic hydroxyl groups excluding tert-OH is 1. The van der Waals surface area contributed by atoms with Crippen LogP contribution in [0.25, 0.3) is 5.65 Å². The molecule has 0 aliphatic heterocycles. The smallest absolute Gasteiger partial charge is 0.203 e. The summed E-state index contributed by atoms with van der Waals surface area (Å²) in [6.07, 6.45) is 7.33. The number of anilines is 1. The summed E-state index contributed by atoms with van der Waals surface area (Å²) >= 11 is 0. The van der Waals surface area contributed by atoms with Gasteiger partial charge in [-0.1, -0.05) is 12.8 Å². The molecule has 1 fully saturated rings. The Hall–Kier alpha value is -1.69. The van der Waals surface area contributed by atoms with Crippen LogP contribution in [0.5, 0.6) is 0 Å². The molecule has 1 aliphatic rings. The largest absolute Gasteiger partial charge is 0.391 e. The Kier molecular flexibility index (Phi) is 2.87. The van der Waals surface area contributed by atoms with Crippen LogP contribution >= 0.6 is 0 Å². The van der Waals surface area contributed by atoms with E-state index in [0.717, 1.165) is 31.5 Å². The Morgan fingerprint density at radius 3 is 3.00 bits per heavy atom. The molecule has 0 spiro atoms. The van der Waals surface area contributed by atoms with E-state index in [-0.39, 0.29) is 12.1 Å². The Morgan fingerprint density at radius 2 is 2.17 bits per heavy atom. The molecule has 1 aliphatic carbocycles. The molecule has 3 rings (SSSR count). The summed E-state index contributed by atoms with van der Waals surface area (Å²) in [6, 6.07) is 0.0643. The highest BCUT2D eigenvalue weighted by molar-refractivity contribution is 5.62. The van der Waals surface area contributed by atoms with Crippen LogP contribution in [0.15, 0.2) is 12.4 Å². The van der Waals surface area contributed by atoms with E-state index >= 15 is 0 Å². The standard InChI is InChI=1S/C12H17N5O/c1-8-15-16-12-11(13-6-7-17(8)12)14-9-4-2-3-5-10(9)18/h6-7,9-10,18H,2-5H2,1H3,(H,13,14). The molecular weight excluding hydrogens is 230 g/mol.